The third kappa shape index (κ3) is 1.41. The average molecular weight is 221 g/mol. The van der Waals surface area contributed by atoms with Crippen LogP contribution in [0, 0.1) is 0 Å². The zero-order valence-corrected chi connectivity index (χ0v) is 8.51. The van der Waals surface area contributed by atoms with E-state index in [9.17, 15) is 0 Å². The summed E-state index contributed by atoms with van der Waals surface area (Å²) in [6, 6.07) is 0. The number of rotatable bonds is 2. The molecule has 16 heavy (non-hydrogen) atoms. The van der Waals surface area contributed by atoms with Gasteiger partial charge in [0.2, 0.25) is 11.7 Å². The topological polar surface area (TPSA) is 103 Å². The maximum absolute atomic E-state index is 6.10. The van der Waals surface area contributed by atoms with E-state index in [-0.39, 0.29) is 0 Å². The van der Waals surface area contributed by atoms with E-state index in [1.54, 1.807) is 12.4 Å². The summed E-state index contributed by atoms with van der Waals surface area (Å²) in [6.45, 7) is 1.03. The first-order chi connectivity index (χ1) is 7.78. The second-order valence-corrected chi connectivity index (χ2v) is 3.82. The predicted molar refractivity (Wildman–Crippen MR) is 53.2 cm³/mol. The van der Waals surface area contributed by atoms with E-state index in [2.05, 4.69) is 20.1 Å². The molecule has 1 aliphatic rings. The zero-order chi connectivity index (χ0) is 11.0. The lowest BCUT2D eigenvalue weighted by molar-refractivity contribution is 0.166. The molecule has 3 heterocycles. The van der Waals surface area contributed by atoms with Crippen LogP contribution in [-0.4, -0.2) is 33.3 Å². The van der Waals surface area contributed by atoms with Crippen LogP contribution in [0.2, 0.25) is 0 Å². The van der Waals surface area contributed by atoms with Crippen molar-refractivity contribution >= 4 is 0 Å². The minimum Gasteiger partial charge on any atom is -0.379 e. The van der Waals surface area contributed by atoms with E-state index in [0.717, 1.165) is 0 Å². The number of imidazole rings is 1. The number of ether oxygens (including phenoxy) is 1. The van der Waals surface area contributed by atoms with Crippen molar-refractivity contribution in [1.29, 1.82) is 0 Å². The highest BCUT2D eigenvalue weighted by atomic mass is 16.5. The molecule has 7 heteroatoms. The van der Waals surface area contributed by atoms with Crippen LogP contribution < -0.4 is 5.73 Å². The van der Waals surface area contributed by atoms with Crippen LogP contribution >= 0.6 is 0 Å². The van der Waals surface area contributed by atoms with Crippen molar-refractivity contribution in [2.75, 3.05) is 13.2 Å². The first-order valence-electron chi connectivity index (χ1n) is 4.98. The molecule has 2 aromatic heterocycles. The minimum absolute atomic E-state index is 0.399. The summed E-state index contributed by atoms with van der Waals surface area (Å²) in [7, 11) is 0. The Balaban J connectivity index is 1.93. The van der Waals surface area contributed by atoms with Gasteiger partial charge in [0.1, 0.15) is 5.54 Å². The second-order valence-electron chi connectivity index (χ2n) is 3.82. The Hall–Kier alpha value is -1.73. The van der Waals surface area contributed by atoms with Gasteiger partial charge in [0.15, 0.2) is 5.82 Å². The smallest absolute Gasteiger partial charge is 0.249 e. The minimum atomic E-state index is -0.655. The Kier molecular flexibility index (Phi) is 2.01. The molecule has 84 valence electrons. The van der Waals surface area contributed by atoms with Gasteiger partial charge < -0.3 is 20.0 Å². The standard InChI is InChI=1S/C9H11N5O2/c10-9(1-4-15-5-9)8-13-7(14-16-8)6-11-2-3-12-6/h2-3H,1,4-5,10H2,(H,11,12). The van der Waals surface area contributed by atoms with Gasteiger partial charge in [-0.05, 0) is 6.42 Å². The van der Waals surface area contributed by atoms with Gasteiger partial charge in [-0.3, -0.25) is 0 Å². The number of nitrogens with one attached hydrogen (secondary N) is 1. The lowest BCUT2D eigenvalue weighted by Crippen LogP contribution is -2.37. The largest absolute Gasteiger partial charge is 0.379 e. The van der Waals surface area contributed by atoms with E-state index >= 15 is 0 Å². The summed E-state index contributed by atoms with van der Waals surface area (Å²) < 4.78 is 10.4. The fraction of sp³-hybridized carbons (Fsp3) is 0.444. The molecule has 0 aromatic carbocycles. The number of nitrogens with zero attached hydrogens (tertiary/aromatic N) is 3. The summed E-state index contributed by atoms with van der Waals surface area (Å²) >= 11 is 0. The van der Waals surface area contributed by atoms with Crippen molar-refractivity contribution in [2.24, 2.45) is 5.73 Å². The molecule has 3 rings (SSSR count). The Bertz CT molecular complexity index is 472. The van der Waals surface area contributed by atoms with Crippen molar-refractivity contribution in [2.45, 2.75) is 12.0 Å². The van der Waals surface area contributed by atoms with Gasteiger partial charge in [-0.2, -0.15) is 4.98 Å². The van der Waals surface area contributed by atoms with E-state index in [1.807, 2.05) is 0 Å². The van der Waals surface area contributed by atoms with Crippen molar-refractivity contribution in [3.8, 4) is 11.6 Å². The maximum atomic E-state index is 6.10. The summed E-state index contributed by atoms with van der Waals surface area (Å²) in [5.41, 5.74) is 5.44. The fourth-order valence-electron chi connectivity index (χ4n) is 1.66. The van der Waals surface area contributed by atoms with Crippen LogP contribution in [0.3, 0.4) is 0 Å². The highest BCUT2D eigenvalue weighted by Gasteiger charge is 2.38. The molecule has 2 aromatic rings. The number of H-pyrrole nitrogens is 1. The molecule has 0 bridgehead atoms. The third-order valence-electron chi connectivity index (χ3n) is 2.61. The number of aromatic amines is 1. The summed E-state index contributed by atoms with van der Waals surface area (Å²) in [6.07, 6.45) is 4.01. The van der Waals surface area contributed by atoms with Crippen LogP contribution in [-0.2, 0) is 10.3 Å². The van der Waals surface area contributed by atoms with Gasteiger partial charge in [-0.1, -0.05) is 5.16 Å². The van der Waals surface area contributed by atoms with Crippen molar-refractivity contribution in [3.05, 3.63) is 18.3 Å². The van der Waals surface area contributed by atoms with Gasteiger partial charge in [-0.15, -0.1) is 0 Å². The van der Waals surface area contributed by atoms with E-state index in [1.165, 1.54) is 0 Å². The molecule has 7 nitrogen and oxygen atoms in total. The molecular formula is C9H11N5O2. The first-order valence-corrected chi connectivity index (χ1v) is 4.98. The monoisotopic (exact) mass is 221 g/mol. The summed E-state index contributed by atoms with van der Waals surface area (Å²) in [5, 5.41) is 3.83. The normalized spacial score (nSPS) is 25.1. The van der Waals surface area contributed by atoms with Crippen LogP contribution in [0.15, 0.2) is 16.9 Å². The van der Waals surface area contributed by atoms with Gasteiger partial charge >= 0.3 is 0 Å². The summed E-state index contributed by atoms with van der Waals surface area (Å²) in [4.78, 5) is 11.2. The number of hydrogen-bond donors (Lipinski definition) is 2. The molecule has 1 unspecified atom stereocenters. The van der Waals surface area contributed by atoms with Crippen LogP contribution in [0.4, 0.5) is 0 Å². The fourth-order valence-corrected chi connectivity index (χ4v) is 1.66. The van der Waals surface area contributed by atoms with Gasteiger partial charge in [0.05, 0.1) is 6.61 Å². The van der Waals surface area contributed by atoms with Gasteiger partial charge in [-0.25, -0.2) is 4.98 Å². The SMILES string of the molecule is NC1(c2nc(-c3ncc[nH]3)no2)CCOC1. The first kappa shape index (κ1) is 9.49. The quantitative estimate of drug-likeness (QED) is 0.741. The Morgan fingerprint density at radius 1 is 1.50 bits per heavy atom. The average Bonchev–Trinajstić information content (AvgIpc) is 2.98. The molecule has 3 N–H and O–H groups in total. The van der Waals surface area contributed by atoms with Gasteiger partial charge in [0.25, 0.3) is 0 Å². The van der Waals surface area contributed by atoms with Crippen molar-refractivity contribution in [1.82, 2.24) is 20.1 Å². The van der Waals surface area contributed by atoms with E-state index < -0.39 is 5.54 Å². The second kappa shape index (κ2) is 3.39. The highest BCUT2D eigenvalue weighted by molar-refractivity contribution is 5.41. The molecule has 0 saturated carbocycles. The molecule has 1 atom stereocenters. The maximum Gasteiger partial charge on any atom is 0.249 e. The third-order valence-corrected chi connectivity index (χ3v) is 2.61. The Labute approximate surface area is 91.0 Å². The molecule has 1 aliphatic heterocycles. The molecule has 0 radical (unpaired) electrons. The number of aromatic nitrogens is 4. The molecule has 0 amide bonds. The van der Waals surface area contributed by atoms with Gasteiger partial charge in [0, 0.05) is 19.0 Å². The van der Waals surface area contributed by atoms with E-state index in [4.69, 9.17) is 15.0 Å². The predicted octanol–water partition coefficient (Wildman–Crippen LogP) is 0.0340. The highest BCUT2D eigenvalue weighted by Crippen LogP contribution is 2.27. The van der Waals surface area contributed by atoms with Crippen LogP contribution in [0.1, 0.15) is 12.3 Å². The Morgan fingerprint density at radius 3 is 3.12 bits per heavy atom. The molecule has 1 fully saturated rings. The molecule has 0 aliphatic carbocycles. The Morgan fingerprint density at radius 2 is 2.44 bits per heavy atom. The van der Waals surface area contributed by atoms with E-state index in [0.29, 0.717) is 37.2 Å². The van der Waals surface area contributed by atoms with Crippen molar-refractivity contribution in [3.63, 3.8) is 0 Å². The zero-order valence-electron chi connectivity index (χ0n) is 8.51. The molecule has 1 saturated heterocycles. The van der Waals surface area contributed by atoms with Crippen LogP contribution in [0.5, 0.6) is 0 Å². The van der Waals surface area contributed by atoms with Crippen LogP contribution in [0.25, 0.3) is 11.6 Å². The molecular weight excluding hydrogens is 210 g/mol. The lowest BCUT2D eigenvalue weighted by Gasteiger charge is -2.14. The molecule has 0 spiro atoms. The van der Waals surface area contributed by atoms with Crippen molar-refractivity contribution < 1.29 is 9.26 Å². The lowest BCUT2D eigenvalue weighted by atomic mass is 10.0. The number of nitrogens with two attached hydrogens (primary N) is 1. The number of hydrogen-bond acceptors (Lipinski definition) is 6. The summed E-state index contributed by atoms with van der Waals surface area (Å²) in [5.74, 6) is 1.38.